The Balaban J connectivity index is 2.01. The molecule has 1 fully saturated rings. The smallest absolute Gasteiger partial charge is 0.270 e. The molecule has 0 atom stereocenters. The number of hydrogen-bond acceptors (Lipinski definition) is 7. The predicted molar refractivity (Wildman–Crippen MR) is 101 cm³/mol. The Labute approximate surface area is 158 Å². The molecule has 7 nitrogen and oxygen atoms in total. The van der Waals surface area contributed by atoms with Crippen LogP contribution in [0.3, 0.4) is 0 Å². The van der Waals surface area contributed by atoms with Crippen molar-refractivity contribution < 1.29 is 19.6 Å². The van der Waals surface area contributed by atoms with Gasteiger partial charge in [0, 0.05) is 11.8 Å². The summed E-state index contributed by atoms with van der Waals surface area (Å²) >= 11 is 6.36. The highest BCUT2D eigenvalue weighted by atomic mass is 32.2. The fourth-order valence-electron chi connectivity index (χ4n) is 2.40. The standard InChI is InChI=1S/C17H12N2O5S2/c1-24-13-8-10(7-12(15(13)20)19(22)23)9-14-16(21)18(17(25)26-14)11-5-3-2-4-6-11/h2-9,20H,1H3/p-1/b14-9-. The number of nitro groups is 1. The molecule has 1 heterocycles. The lowest BCUT2D eigenvalue weighted by atomic mass is 10.1. The Hall–Kier alpha value is -2.91. The molecule has 0 aromatic heterocycles. The van der Waals surface area contributed by atoms with Crippen LogP contribution >= 0.6 is 24.0 Å². The third kappa shape index (κ3) is 3.26. The van der Waals surface area contributed by atoms with E-state index in [0.717, 1.165) is 17.8 Å². The maximum Gasteiger partial charge on any atom is 0.270 e. The first-order valence-corrected chi connectivity index (χ1v) is 8.51. The molecule has 1 saturated heterocycles. The Morgan fingerprint density at radius 2 is 1.96 bits per heavy atom. The third-order valence-corrected chi connectivity index (χ3v) is 4.88. The number of nitro benzene ring substituents is 1. The van der Waals surface area contributed by atoms with Crippen LogP contribution in [0, 0.1) is 10.1 Å². The zero-order chi connectivity index (χ0) is 18.8. The summed E-state index contributed by atoms with van der Waals surface area (Å²) in [4.78, 5) is 24.7. The molecule has 1 aliphatic rings. The van der Waals surface area contributed by atoms with Crippen molar-refractivity contribution in [1.29, 1.82) is 0 Å². The van der Waals surface area contributed by atoms with Crippen molar-refractivity contribution in [2.75, 3.05) is 12.0 Å². The number of rotatable bonds is 4. The molecule has 0 bridgehead atoms. The molecule has 0 saturated carbocycles. The van der Waals surface area contributed by atoms with Crippen molar-refractivity contribution in [2.24, 2.45) is 0 Å². The molecule has 26 heavy (non-hydrogen) atoms. The molecule has 2 aromatic rings. The molecule has 1 aliphatic heterocycles. The second-order valence-electron chi connectivity index (χ2n) is 5.18. The molecular weight excluding hydrogens is 376 g/mol. The molecule has 0 spiro atoms. The van der Waals surface area contributed by atoms with Gasteiger partial charge in [-0.2, -0.15) is 0 Å². The molecule has 2 aromatic carbocycles. The second-order valence-corrected chi connectivity index (χ2v) is 6.86. The van der Waals surface area contributed by atoms with E-state index in [2.05, 4.69) is 0 Å². The van der Waals surface area contributed by atoms with E-state index < -0.39 is 16.4 Å². The van der Waals surface area contributed by atoms with Gasteiger partial charge in [-0.25, -0.2) is 0 Å². The number of carbonyl (C=O) groups is 1. The average Bonchev–Trinajstić information content (AvgIpc) is 2.90. The van der Waals surface area contributed by atoms with E-state index in [9.17, 15) is 20.0 Å². The number of benzene rings is 2. The van der Waals surface area contributed by atoms with Crippen molar-refractivity contribution in [3.63, 3.8) is 0 Å². The van der Waals surface area contributed by atoms with Gasteiger partial charge in [0.05, 0.1) is 22.6 Å². The Bertz CT molecular complexity index is 944. The lowest BCUT2D eigenvalue weighted by Gasteiger charge is -2.14. The summed E-state index contributed by atoms with van der Waals surface area (Å²) in [5, 5.41) is 23.0. The van der Waals surface area contributed by atoms with Crippen LogP contribution in [-0.2, 0) is 4.79 Å². The van der Waals surface area contributed by atoms with Gasteiger partial charge in [0.1, 0.15) is 5.75 Å². The van der Waals surface area contributed by atoms with E-state index in [1.54, 1.807) is 24.3 Å². The molecule has 9 heteroatoms. The second kappa shape index (κ2) is 7.14. The van der Waals surface area contributed by atoms with Gasteiger partial charge in [-0.15, -0.1) is 0 Å². The van der Waals surface area contributed by atoms with Crippen LogP contribution in [0.25, 0.3) is 6.08 Å². The van der Waals surface area contributed by atoms with Crippen molar-refractivity contribution in [3.8, 4) is 11.5 Å². The van der Waals surface area contributed by atoms with Crippen LogP contribution < -0.4 is 14.7 Å². The summed E-state index contributed by atoms with van der Waals surface area (Å²) in [6.07, 6.45) is 1.46. The zero-order valence-corrected chi connectivity index (χ0v) is 15.0. The molecule has 3 rings (SSSR count). The highest BCUT2D eigenvalue weighted by Gasteiger charge is 2.33. The maximum atomic E-state index is 12.7. The largest absolute Gasteiger partial charge is 0.865 e. The van der Waals surface area contributed by atoms with Crippen LogP contribution in [0.1, 0.15) is 5.56 Å². The number of amides is 1. The third-order valence-electron chi connectivity index (χ3n) is 3.58. The minimum atomic E-state index is -0.813. The van der Waals surface area contributed by atoms with E-state index in [4.69, 9.17) is 17.0 Å². The summed E-state index contributed by atoms with van der Waals surface area (Å²) in [5.41, 5.74) is 0.327. The molecule has 0 N–H and O–H groups in total. The number of hydrogen-bond donors (Lipinski definition) is 0. The lowest BCUT2D eigenvalue weighted by molar-refractivity contribution is -0.398. The first-order chi connectivity index (χ1) is 12.4. The fourth-order valence-corrected chi connectivity index (χ4v) is 3.70. The molecular formula is C17H11N2O5S2-. The molecule has 132 valence electrons. The van der Waals surface area contributed by atoms with Gasteiger partial charge in [-0.3, -0.25) is 19.8 Å². The monoisotopic (exact) mass is 387 g/mol. The summed E-state index contributed by atoms with van der Waals surface area (Å²) in [6.45, 7) is 0. The van der Waals surface area contributed by atoms with Crippen molar-refractivity contribution >= 4 is 51.7 Å². The van der Waals surface area contributed by atoms with Gasteiger partial charge >= 0.3 is 0 Å². The number of thiocarbonyl (C=S) groups is 1. The lowest BCUT2D eigenvalue weighted by Crippen LogP contribution is -2.27. The summed E-state index contributed by atoms with van der Waals surface area (Å²) in [7, 11) is 1.25. The number of thioether (sulfide) groups is 1. The van der Waals surface area contributed by atoms with E-state index in [0.29, 0.717) is 20.5 Å². The van der Waals surface area contributed by atoms with Gasteiger partial charge in [-0.05, 0) is 29.8 Å². The number of methoxy groups -OCH3 is 1. The van der Waals surface area contributed by atoms with Crippen LogP contribution in [0.2, 0.25) is 0 Å². The van der Waals surface area contributed by atoms with E-state index in [-0.39, 0.29) is 11.7 Å². The number of nitrogens with zero attached hydrogens (tertiary/aromatic N) is 2. The number of ether oxygens (including phenoxy) is 1. The number of anilines is 1. The van der Waals surface area contributed by atoms with Gasteiger partial charge in [0.2, 0.25) is 0 Å². The van der Waals surface area contributed by atoms with Crippen molar-refractivity contribution in [3.05, 3.63) is 63.0 Å². The predicted octanol–water partition coefficient (Wildman–Crippen LogP) is 3.08. The van der Waals surface area contributed by atoms with Gasteiger partial charge in [0.25, 0.3) is 11.6 Å². The number of para-hydroxylation sites is 1. The molecule has 1 amide bonds. The van der Waals surface area contributed by atoms with Crippen LogP contribution in [0.4, 0.5) is 11.4 Å². The Morgan fingerprint density at radius 3 is 2.58 bits per heavy atom. The molecule has 0 radical (unpaired) electrons. The zero-order valence-electron chi connectivity index (χ0n) is 13.4. The number of carbonyl (C=O) groups excluding carboxylic acids is 1. The minimum Gasteiger partial charge on any atom is -0.865 e. The van der Waals surface area contributed by atoms with Gasteiger partial charge < -0.3 is 9.84 Å². The first kappa shape index (κ1) is 17.9. The summed E-state index contributed by atoms with van der Waals surface area (Å²) < 4.78 is 5.26. The SMILES string of the molecule is COc1cc(/C=C2\SC(=S)N(c3ccccc3)C2=O)cc([N+](=O)[O-])c1[O-]. The fraction of sp³-hybridized carbons (Fsp3) is 0.0588. The van der Waals surface area contributed by atoms with Crippen LogP contribution in [0.15, 0.2) is 47.4 Å². The minimum absolute atomic E-state index is 0.163. The highest BCUT2D eigenvalue weighted by Crippen LogP contribution is 2.39. The molecule has 0 unspecified atom stereocenters. The normalized spacial score (nSPS) is 15.6. The summed E-state index contributed by atoms with van der Waals surface area (Å²) in [6, 6.07) is 11.4. The van der Waals surface area contributed by atoms with Gasteiger partial charge in [-0.1, -0.05) is 42.2 Å². The average molecular weight is 387 g/mol. The quantitative estimate of drug-likeness (QED) is 0.344. The highest BCUT2D eigenvalue weighted by molar-refractivity contribution is 8.27. The van der Waals surface area contributed by atoms with Crippen molar-refractivity contribution in [1.82, 2.24) is 0 Å². The summed E-state index contributed by atoms with van der Waals surface area (Å²) in [5.74, 6) is -1.31. The maximum absolute atomic E-state index is 12.7. The topological polar surface area (TPSA) is 95.7 Å². The van der Waals surface area contributed by atoms with Crippen LogP contribution in [-0.4, -0.2) is 22.3 Å². The van der Waals surface area contributed by atoms with E-state index in [1.807, 2.05) is 6.07 Å². The molecule has 0 aliphatic carbocycles. The van der Waals surface area contributed by atoms with E-state index in [1.165, 1.54) is 24.2 Å². The Kier molecular flexibility index (Phi) is 4.92. The Morgan fingerprint density at radius 1 is 1.27 bits per heavy atom. The van der Waals surface area contributed by atoms with Gasteiger partial charge in [0.15, 0.2) is 4.32 Å². The first-order valence-electron chi connectivity index (χ1n) is 7.29. The van der Waals surface area contributed by atoms with E-state index >= 15 is 0 Å². The van der Waals surface area contributed by atoms with Crippen molar-refractivity contribution in [2.45, 2.75) is 0 Å². The van der Waals surface area contributed by atoms with Crippen LogP contribution in [0.5, 0.6) is 11.5 Å².